The lowest BCUT2D eigenvalue weighted by Gasteiger charge is -2.31. The quantitative estimate of drug-likeness (QED) is 0.0899. The number of carbonyl (C=O) groups excluding carboxylic acids is 3. The first-order valence-corrected chi connectivity index (χ1v) is 26.5. The molecule has 0 spiro atoms. The molecule has 80 heavy (non-hydrogen) atoms. The number of fused-ring (bicyclic) bond motifs is 2. The van der Waals surface area contributed by atoms with Crippen LogP contribution >= 0.6 is 0 Å². The molecule has 3 N–H and O–H groups in total. The monoisotopic (exact) mass is 1080 g/mol. The van der Waals surface area contributed by atoms with E-state index in [4.69, 9.17) is 14.2 Å². The maximum atomic E-state index is 15.5. The summed E-state index contributed by atoms with van der Waals surface area (Å²) >= 11 is 0. The van der Waals surface area contributed by atoms with Gasteiger partial charge in [-0.05, 0) is 129 Å². The van der Waals surface area contributed by atoms with E-state index in [0.29, 0.717) is 84.3 Å². The molecule has 2 aliphatic heterocycles. The Balaban J connectivity index is 0.000000195. The Bertz CT molecular complexity index is 3550. The molecule has 8 aromatic carbocycles. The van der Waals surface area contributed by atoms with Crippen molar-refractivity contribution in [1.82, 2.24) is 10.6 Å². The summed E-state index contributed by atoms with van der Waals surface area (Å²) in [5.41, 5.74) is 7.36. The first kappa shape index (κ1) is 55.5. The molecule has 2 amide bonds. The van der Waals surface area contributed by atoms with Crippen LogP contribution in [0.2, 0.25) is 0 Å². The van der Waals surface area contributed by atoms with Gasteiger partial charge in [0.05, 0.1) is 47.7 Å². The molecule has 0 saturated heterocycles. The molecule has 0 aliphatic carbocycles. The zero-order valence-electron chi connectivity index (χ0n) is 45.2. The Morgan fingerprint density at radius 1 is 0.537 bits per heavy atom. The van der Waals surface area contributed by atoms with Gasteiger partial charge in [-0.3, -0.25) is 9.59 Å². The number of carboxylic acids is 1. The van der Waals surface area contributed by atoms with Crippen molar-refractivity contribution in [3.8, 4) is 33.8 Å². The van der Waals surface area contributed by atoms with E-state index in [1.54, 1.807) is 106 Å². The summed E-state index contributed by atoms with van der Waals surface area (Å²) in [6, 6.07) is 53.3. The zero-order valence-corrected chi connectivity index (χ0v) is 45.2. The smallest absolute Gasteiger partial charge is 0.339 e. The largest absolute Gasteiger partial charge is 0.490 e. The molecule has 0 aromatic heterocycles. The molecule has 0 bridgehead atoms. The predicted molar refractivity (Wildman–Crippen MR) is 306 cm³/mol. The summed E-state index contributed by atoms with van der Waals surface area (Å²) in [4.78, 5) is 54.4. The maximum absolute atomic E-state index is 15.5. The summed E-state index contributed by atoms with van der Waals surface area (Å²) in [7, 11) is 0. The summed E-state index contributed by atoms with van der Waals surface area (Å²) in [6.45, 7) is 12.3. The second kappa shape index (κ2) is 24.6. The van der Waals surface area contributed by atoms with Crippen LogP contribution in [0.15, 0.2) is 182 Å². The summed E-state index contributed by atoms with van der Waals surface area (Å²) in [5, 5.41) is 15.5. The maximum Gasteiger partial charge on any atom is 0.339 e. The normalized spacial score (nSPS) is 13.4. The minimum atomic E-state index is -1.10. The molecule has 2 aliphatic rings. The molecule has 0 fully saturated rings. The summed E-state index contributed by atoms with van der Waals surface area (Å²) in [6.07, 6.45) is 0. The minimum absolute atomic E-state index is 0.0549. The van der Waals surface area contributed by atoms with Crippen molar-refractivity contribution in [2.45, 2.75) is 65.4 Å². The Kier molecular flexibility index (Phi) is 17.0. The van der Waals surface area contributed by atoms with Crippen molar-refractivity contribution < 1.29 is 47.3 Å². The highest BCUT2D eigenvalue weighted by atomic mass is 19.1. The van der Waals surface area contributed by atoms with Crippen molar-refractivity contribution >= 4 is 35.1 Å². The van der Waals surface area contributed by atoms with E-state index in [-0.39, 0.29) is 35.0 Å². The second-order valence-corrected chi connectivity index (χ2v) is 20.6. The van der Waals surface area contributed by atoms with Crippen LogP contribution in [0.3, 0.4) is 0 Å². The molecule has 2 heterocycles. The van der Waals surface area contributed by atoms with Gasteiger partial charge in [-0.1, -0.05) is 121 Å². The fraction of sp³-hybridized carbons (Fsp3) is 0.212. The van der Waals surface area contributed by atoms with Crippen LogP contribution in [-0.4, -0.2) is 60.8 Å². The van der Waals surface area contributed by atoms with Gasteiger partial charge in [0, 0.05) is 35.3 Å². The van der Waals surface area contributed by atoms with Crippen LogP contribution in [-0.2, 0) is 17.8 Å². The highest BCUT2D eigenvalue weighted by molar-refractivity contribution is 5.99. The molecule has 8 aromatic rings. The van der Waals surface area contributed by atoms with Gasteiger partial charge in [-0.25, -0.2) is 18.4 Å². The minimum Gasteiger partial charge on any atom is -0.490 e. The molecular formula is C66H62F2N4O8. The van der Waals surface area contributed by atoms with E-state index >= 15 is 8.78 Å². The number of esters is 1. The van der Waals surface area contributed by atoms with Crippen molar-refractivity contribution in [2.24, 2.45) is 0 Å². The van der Waals surface area contributed by atoms with Crippen molar-refractivity contribution in [2.75, 3.05) is 36.1 Å². The number of halogens is 2. The van der Waals surface area contributed by atoms with Gasteiger partial charge in [0.15, 0.2) is 0 Å². The van der Waals surface area contributed by atoms with E-state index in [2.05, 4.69) is 20.4 Å². The average molecular weight is 1080 g/mol. The van der Waals surface area contributed by atoms with Crippen LogP contribution in [0.4, 0.5) is 20.2 Å². The second-order valence-electron chi connectivity index (χ2n) is 20.6. The Morgan fingerprint density at radius 2 is 0.950 bits per heavy atom. The lowest BCUT2D eigenvalue weighted by molar-refractivity contribution is 0.00699. The molecule has 408 valence electrons. The third-order valence-electron chi connectivity index (χ3n) is 13.8. The van der Waals surface area contributed by atoms with E-state index in [1.807, 2.05) is 92.7 Å². The number of nitrogens with zero attached hydrogens (tertiary/aromatic N) is 2. The number of nitrogens with one attached hydrogen (secondary N) is 2. The van der Waals surface area contributed by atoms with Crippen LogP contribution in [0.25, 0.3) is 22.3 Å². The van der Waals surface area contributed by atoms with E-state index in [1.165, 1.54) is 18.2 Å². The number of anilines is 2. The van der Waals surface area contributed by atoms with E-state index < -0.39 is 29.2 Å². The van der Waals surface area contributed by atoms with E-state index in [0.717, 1.165) is 33.6 Å². The topological polar surface area (TPSA) is 147 Å². The first-order valence-electron chi connectivity index (χ1n) is 26.5. The molecular weight excluding hydrogens is 1010 g/mol. The number of carboxylic acid groups (broad SMARTS) is 1. The average Bonchev–Trinajstić information content (AvgIpc) is 3.47. The Hall–Kier alpha value is -9.30. The van der Waals surface area contributed by atoms with Gasteiger partial charge in [0.1, 0.15) is 41.9 Å². The molecule has 0 saturated carbocycles. The molecule has 0 unspecified atom stereocenters. The molecule has 10 rings (SSSR count). The van der Waals surface area contributed by atoms with Gasteiger partial charge >= 0.3 is 11.9 Å². The zero-order chi connectivity index (χ0) is 56.5. The van der Waals surface area contributed by atoms with Crippen LogP contribution in [0, 0.1) is 11.6 Å². The van der Waals surface area contributed by atoms with Crippen LogP contribution in [0.1, 0.15) is 110 Å². The first-order chi connectivity index (χ1) is 38.5. The van der Waals surface area contributed by atoms with Gasteiger partial charge in [-0.2, -0.15) is 0 Å². The summed E-state index contributed by atoms with van der Waals surface area (Å²) in [5.74, 6) is -1.65. The third kappa shape index (κ3) is 13.3. The summed E-state index contributed by atoms with van der Waals surface area (Å²) < 4.78 is 47.9. The molecule has 12 nitrogen and oxygen atoms in total. The predicted octanol–water partition coefficient (Wildman–Crippen LogP) is 13.4. The van der Waals surface area contributed by atoms with Gasteiger partial charge in [0.2, 0.25) is 0 Å². The highest BCUT2D eigenvalue weighted by Crippen LogP contribution is 2.37. The van der Waals surface area contributed by atoms with Crippen molar-refractivity contribution in [3.63, 3.8) is 0 Å². The number of amides is 2. The fourth-order valence-electron chi connectivity index (χ4n) is 9.70. The Labute approximate surface area is 464 Å². The van der Waals surface area contributed by atoms with Gasteiger partial charge < -0.3 is 39.8 Å². The molecule has 0 radical (unpaired) electrons. The van der Waals surface area contributed by atoms with Crippen LogP contribution in [0.5, 0.6) is 11.5 Å². The van der Waals surface area contributed by atoms with Crippen molar-refractivity contribution in [1.29, 1.82) is 0 Å². The fourth-order valence-corrected chi connectivity index (χ4v) is 9.70. The number of aromatic carboxylic acids is 1. The third-order valence-corrected chi connectivity index (χ3v) is 13.8. The molecule has 2 atom stereocenters. The molecule has 14 heteroatoms. The lowest BCUT2D eigenvalue weighted by Crippen LogP contribution is -2.32. The van der Waals surface area contributed by atoms with Crippen LogP contribution < -0.4 is 29.9 Å². The van der Waals surface area contributed by atoms with Gasteiger partial charge in [-0.15, -0.1) is 0 Å². The van der Waals surface area contributed by atoms with Crippen molar-refractivity contribution in [3.05, 3.63) is 238 Å². The van der Waals surface area contributed by atoms with E-state index in [9.17, 15) is 24.3 Å². The Morgan fingerprint density at radius 3 is 1.38 bits per heavy atom. The SMILES string of the molecule is C[C@H](NC(=O)c1ccc2c(c1)OCCN2Cc1ccc(-c2ccccc2C(=O)O)c(F)c1)c1ccccc1.C[C@H](NC(=O)c1ccc2c(c1)OCCN2Cc1ccc(-c2ccccc2C(=O)OC(C)(C)C)c(F)c1)c1ccccc1. The number of hydrogen-bond acceptors (Lipinski definition) is 9. The van der Waals surface area contributed by atoms with Gasteiger partial charge in [0.25, 0.3) is 11.8 Å². The number of rotatable bonds is 14. The number of hydrogen-bond donors (Lipinski definition) is 3. The number of ether oxygens (including phenoxy) is 3. The highest BCUT2D eigenvalue weighted by Gasteiger charge is 2.26. The lowest BCUT2D eigenvalue weighted by atomic mass is 9.97. The number of benzene rings is 8. The standard InChI is InChI=1S/C35H35FN2O4.C31H27FN2O4/c1-23(25-10-6-5-7-11-25)37-33(39)26-15-17-31-32(21-26)41-19-18-38(31)22-24-14-16-28(30(36)20-24)27-12-8-9-13-29(27)34(40)42-35(2,3)4;1-20(22-7-3-2-4-8-22)33-30(35)23-12-14-28-29(18-23)38-16-15-34(28)19-21-11-13-25(27(32)17-21)24-9-5-6-10-26(24)31(36)37/h5-17,20-21,23H,18-19,22H2,1-4H3,(H,37,39);2-14,17-18,20H,15-16,19H2,1H3,(H,33,35)(H,36,37)/t23-;20-/m00/s1. The number of carbonyl (C=O) groups is 4.